The van der Waals surface area contributed by atoms with Gasteiger partial charge in [-0.25, -0.2) is 0 Å². The number of nitrogens with two attached hydrogens (primary N) is 1. The third kappa shape index (κ3) is 2.89. The van der Waals surface area contributed by atoms with Crippen molar-refractivity contribution in [1.82, 2.24) is 0 Å². The predicted molar refractivity (Wildman–Crippen MR) is 108 cm³/mol. The van der Waals surface area contributed by atoms with Crippen LogP contribution in [0.2, 0.25) is 0 Å². The molecule has 2 aliphatic carbocycles. The van der Waals surface area contributed by atoms with E-state index in [2.05, 4.69) is 64.1 Å². The van der Waals surface area contributed by atoms with E-state index in [1.807, 2.05) is 12.1 Å². The Kier molecular flexibility index (Phi) is 4.82. The highest BCUT2D eigenvalue weighted by Crippen LogP contribution is 2.56. The SMILES string of the molecule is C[C@@H]1CC=C2C(C#N)=C(N)C(C#N)(C#N)[C@H](c3ccc(C(C)(C)C)cc3)[C@H]2C1. The van der Waals surface area contributed by atoms with Crippen LogP contribution in [0.25, 0.3) is 0 Å². The fourth-order valence-electron chi connectivity index (χ4n) is 4.64. The second kappa shape index (κ2) is 6.85. The molecule has 2 aliphatic rings. The number of fused-ring (bicyclic) bond motifs is 1. The van der Waals surface area contributed by atoms with Crippen LogP contribution in [0.15, 0.2) is 47.2 Å². The van der Waals surface area contributed by atoms with Gasteiger partial charge in [-0.3, -0.25) is 0 Å². The highest BCUT2D eigenvalue weighted by molar-refractivity contribution is 5.59. The van der Waals surface area contributed by atoms with Gasteiger partial charge in [0.05, 0.1) is 23.4 Å². The molecule has 0 amide bonds. The first-order chi connectivity index (χ1) is 13.2. The van der Waals surface area contributed by atoms with Gasteiger partial charge >= 0.3 is 0 Å². The summed E-state index contributed by atoms with van der Waals surface area (Å²) < 4.78 is 0. The topological polar surface area (TPSA) is 97.4 Å². The maximum atomic E-state index is 10.1. The lowest BCUT2D eigenvalue weighted by Gasteiger charge is -2.44. The van der Waals surface area contributed by atoms with Crippen molar-refractivity contribution in [3.8, 4) is 18.2 Å². The van der Waals surface area contributed by atoms with E-state index in [-0.39, 0.29) is 22.9 Å². The molecule has 3 rings (SSSR count). The van der Waals surface area contributed by atoms with E-state index in [4.69, 9.17) is 5.73 Å². The molecule has 0 aromatic heterocycles. The Balaban J connectivity index is 2.25. The number of benzene rings is 1. The minimum absolute atomic E-state index is 0.0178. The average Bonchev–Trinajstić information content (AvgIpc) is 2.67. The Morgan fingerprint density at radius 3 is 2.18 bits per heavy atom. The van der Waals surface area contributed by atoms with E-state index in [1.54, 1.807) is 0 Å². The van der Waals surface area contributed by atoms with Crippen LogP contribution in [0.3, 0.4) is 0 Å². The van der Waals surface area contributed by atoms with Gasteiger partial charge in [0.25, 0.3) is 0 Å². The molecule has 1 aromatic carbocycles. The van der Waals surface area contributed by atoms with E-state index < -0.39 is 5.41 Å². The molecule has 3 atom stereocenters. The number of hydrogen-bond acceptors (Lipinski definition) is 4. The van der Waals surface area contributed by atoms with Crippen molar-refractivity contribution >= 4 is 0 Å². The first kappa shape index (κ1) is 19.7. The lowest BCUT2D eigenvalue weighted by Crippen LogP contribution is -2.43. The second-order valence-corrected chi connectivity index (χ2v) is 9.12. The molecule has 1 aromatic rings. The average molecular weight is 371 g/mol. The summed E-state index contributed by atoms with van der Waals surface area (Å²) in [6, 6.07) is 14.8. The molecular formula is C24H26N4. The molecule has 4 nitrogen and oxygen atoms in total. The fraction of sp³-hybridized carbons (Fsp3) is 0.458. The summed E-state index contributed by atoms with van der Waals surface area (Å²) >= 11 is 0. The zero-order valence-corrected chi connectivity index (χ0v) is 17.0. The van der Waals surface area contributed by atoms with E-state index in [0.29, 0.717) is 11.5 Å². The van der Waals surface area contributed by atoms with Crippen molar-refractivity contribution < 1.29 is 0 Å². The van der Waals surface area contributed by atoms with Gasteiger partial charge in [-0.1, -0.05) is 58.0 Å². The van der Waals surface area contributed by atoms with E-state index in [0.717, 1.165) is 24.0 Å². The molecule has 2 N–H and O–H groups in total. The molecule has 0 aliphatic heterocycles. The lowest BCUT2D eigenvalue weighted by molar-refractivity contribution is 0.284. The molecule has 0 bridgehead atoms. The van der Waals surface area contributed by atoms with Gasteiger partial charge in [-0.05, 0) is 46.8 Å². The number of nitrogens with zero attached hydrogens (tertiary/aromatic N) is 3. The number of nitriles is 3. The fourth-order valence-corrected chi connectivity index (χ4v) is 4.64. The van der Waals surface area contributed by atoms with Crippen molar-refractivity contribution in [1.29, 1.82) is 15.8 Å². The van der Waals surface area contributed by atoms with E-state index in [9.17, 15) is 15.8 Å². The second-order valence-electron chi connectivity index (χ2n) is 9.12. The molecular weight excluding hydrogens is 344 g/mol. The largest absolute Gasteiger partial charge is 0.399 e. The summed E-state index contributed by atoms with van der Waals surface area (Å²) in [6.45, 7) is 8.63. The summed E-state index contributed by atoms with van der Waals surface area (Å²) in [5, 5.41) is 29.9. The Bertz CT molecular complexity index is 954. The van der Waals surface area contributed by atoms with Gasteiger partial charge in [0.2, 0.25) is 0 Å². The third-order valence-electron chi connectivity index (χ3n) is 6.25. The van der Waals surface area contributed by atoms with Crippen LogP contribution in [0.1, 0.15) is 57.6 Å². The molecule has 0 saturated heterocycles. The van der Waals surface area contributed by atoms with Gasteiger partial charge < -0.3 is 5.73 Å². The van der Waals surface area contributed by atoms with Crippen LogP contribution < -0.4 is 5.73 Å². The van der Waals surface area contributed by atoms with Gasteiger partial charge in [0.1, 0.15) is 6.07 Å². The molecule has 0 unspecified atom stereocenters. The zero-order chi connectivity index (χ0) is 20.7. The van der Waals surface area contributed by atoms with Gasteiger partial charge in [-0.2, -0.15) is 15.8 Å². The van der Waals surface area contributed by atoms with Crippen molar-refractivity contribution in [3.63, 3.8) is 0 Å². The van der Waals surface area contributed by atoms with Gasteiger partial charge in [0, 0.05) is 5.92 Å². The van der Waals surface area contributed by atoms with Crippen molar-refractivity contribution in [2.45, 2.75) is 51.9 Å². The number of allylic oxidation sites excluding steroid dienone is 4. The van der Waals surface area contributed by atoms with E-state index >= 15 is 0 Å². The van der Waals surface area contributed by atoms with Crippen LogP contribution >= 0.6 is 0 Å². The Morgan fingerprint density at radius 1 is 1.07 bits per heavy atom. The van der Waals surface area contributed by atoms with Crippen LogP contribution in [0.5, 0.6) is 0 Å². The monoisotopic (exact) mass is 370 g/mol. The van der Waals surface area contributed by atoms with Gasteiger partial charge in [0.15, 0.2) is 5.41 Å². The smallest absolute Gasteiger partial charge is 0.191 e. The summed E-state index contributed by atoms with van der Waals surface area (Å²) in [5.41, 5.74) is 8.27. The highest BCUT2D eigenvalue weighted by atomic mass is 14.7. The quantitative estimate of drug-likeness (QED) is 0.766. The Labute approximate surface area is 167 Å². The maximum Gasteiger partial charge on any atom is 0.191 e. The summed E-state index contributed by atoms with van der Waals surface area (Å²) in [6.07, 6.45) is 3.80. The normalized spacial score (nSPS) is 26.3. The molecule has 0 heterocycles. The minimum atomic E-state index is -1.53. The molecule has 4 heteroatoms. The zero-order valence-electron chi connectivity index (χ0n) is 17.0. The molecule has 28 heavy (non-hydrogen) atoms. The first-order valence-corrected chi connectivity index (χ1v) is 9.73. The number of hydrogen-bond donors (Lipinski definition) is 1. The van der Waals surface area contributed by atoms with E-state index in [1.165, 1.54) is 5.56 Å². The Morgan fingerprint density at radius 2 is 1.68 bits per heavy atom. The van der Waals surface area contributed by atoms with Crippen molar-refractivity contribution in [2.24, 2.45) is 23.0 Å². The third-order valence-corrected chi connectivity index (χ3v) is 6.25. The summed E-state index contributed by atoms with van der Waals surface area (Å²) in [5.74, 6) is -0.0208. The van der Waals surface area contributed by atoms with Crippen LogP contribution in [-0.4, -0.2) is 0 Å². The Hall–Kier alpha value is -3.03. The summed E-state index contributed by atoms with van der Waals surface area (Å²) in [7, 11) is 0. The highest BCUT2D eigenvalue weighted by Gasteiger charge is 2.54. The van der Waals surface area contributed by atoms with Crippen LogP contribution in [0, 0.1) is 51.2 Å². The maximum absolute atomic E-state index is 10.1. The molecule has 0 saturated carbocycles. The van der Waals surface area contributed by atoms with Crippen LogP contribution in [0.4, 0.5) is 0 Å². The van der Waals surface area contributed by atoms with Gasteiger partial charge in [-0.15, -0.1) is 0 Å². The van der Waals surface area contributed by atoms with Crippen molar-refractivity contribution in [2.75, 3.05) is 0 Å². The molecule has 0 fully saturated rings. The molecule has 142 valence electrons. The first-order valence-electron chi connectivity index (χ1n) is 9.73. The van der Waals surface area contributed by atoms with Crippen LogP contribution in [-0.2, 0) is 5.41 Å². The summed E-state index contributed by atoms with van der Waals surface area (Å²) in [4.78, 5) is 0. The van der Waals surface area contributed by atoms with Crippen molar-refractivity contribution in [3.05, 3.63) is 58.3 Å². The molecule has 0 spiro atoms. The standard InChI is InChI=1S/C24H26N4/c1-15-5-10-18-19(11-15)21(16-6-8-17(9-7-16)23(2,3)4)24(13-26,14-27)22(28)20(18)12-25/h6-10,15,19,21H,5,11,28H2,1-4H3/t15-,19+,21-/m1/s1. The lowest BCUT2D eigenvalue weighted by atomic mass is 9.56. The minimum Gasteiger partial charge on any atom is -0.399 e. The number of rotatable bonds is 1. The molecule has 0 radical (unpaired) electrons. The predicted octanol–water partition coefficient (Wildman–Crippen LogP) is 4.82.